The second-order valence-corrected chi connectivity index (χ2v) is 8.85. The van der Waals surface area contributed by atoms with Crippen LogP contribution in [0, 0.1) is 11.3 Å². The predicted molar refractivity (Wildman–Crippen MR) is 127 cm³/mol. The molecular formula is C26H33N5O. The normalized spacial score (nSPS) is 17.5. The molecule has 0 spiro atoms. The molecule has 2 aliphatic heterocycles. The SMILES string of the molecule is N#Cc1ccc(N2CCC(NC(=O)NCc3ccccc3CN3CCCCC3)CC2)cc1. The minimum atomic E-state index is -0.0883. The van der Waals surface area contributed by atoms with Gasteiger partial charge < -0.3 is 15.5 Å². The summed E-state index contributed by atoms with van der Waals surface area (Å²) in [7, 11) is 0. The Kier molecular flexibility index (Phi) is 7.63. The van der Waals surface area contributed by atoms with Crippen molar-refractivity contribution in [2.24, 2.45) is 0 Å². The number of carbonyl (C=O) groups excluding carboxylic acids is 1. The smallest absolute Gasteiger partial charge is 0.315 e. The Balaban J connectivity index is 1.22. The minimum Gasteiger partial charge on any atom is -0.371 e. The summed E-state index contributed by atoms with van der Waals surface area (Å²) in [5.74, 6) is 0. The summed E-state index contributed by atoms with van der Waals surface area (Å²) >= 11 is 0. The third kappa shape index (κ3) is 6.02. The molecule has 2 fully saturated rings. The van der Waals surface area contributed by atoms with E-state index in [0.717, 1.165) is 38.2 Å². The molecule has 0 unspecified atom stereocenters. The van der Waals surface area contributed by atoms with Crippen molar-refractivity contribution in [1.29, 1.82) is 5.26 Å². The molecule has 0 bridgehead atoms. The fraction of sp³-hybridized carbons (Fsp3) is 0.462. The summed E-state index contributed by atoms with van der Waals surface area (Å²) < 4.78 is 0. The number of piperidine rings is 2. The Bertz CT molecular complexity index is 922. The van der Waals surface area contributed by atoms with E-state index in [1.807, 2.05) is 30.3 Å². The summed E-state index contributed by atoms with van der Waals surface area (Å²) in [5, 5.41) is 15.2. The Hall–Kier alpha value is -3.04. The molecule has 4 rings (SSSR count). The molecule has 2 heterocycles. The van der Waals surface area contributed by atoms with Crippen LogP contribution in [0.1, 0.15) is 48.8 Å². The molecule has 0 aromatic heterocycles. The third-order valence-electron chi connectivity index (χ3n) is 6.59. The van der Waals surface area contributed by atoms with Gasteiger partial charge >= 0.3 is 6.03 Å². The van der Waals surface area contributed by atoms with Crippen molar-refractivity contribution in [1.82, 2.24) is 15.5 Å². The first kappa shape index (κ1) is 22.2. The molecule has 32 heavy (non-hydrogen) atoms. The minimum absolute atomic E-state index is 0.0883. The number of nitrogens with zero attached hydrogens (tertiary/aromatic N) is 3. The molecular weight excluding hydrogens is 398 g/mol. The maximum Gasteiger partial charge on any atom is 0.315 e. The van der Waals surface area contributed by atoms with Crippen LogP contribution in [0.5, 0.6) is 0 Å². The zero-order chi connectivity index (χ0) is 22.2. The zero-order valence-electron chi connectivity index (χ0n) is 18.7. The highest BCUT2D eigenvalue weighted by Crippen LogP contribution is 2.21. The second kappa shape index (κ2) is 11.0. The quantitative estimate of drug-likeness (QED) is 0.725. The molecule has 0 radical (unpaired) electrons. The topological polar surface area (TPSA) is 71.4 Å². The maximum atomic E-state index is 12.5. The van der Waals surface area contributed by atoms with Gasteiger partial charge in [0, 0.05) is 37.9 Å². The van der Waals surface area contributed by atoms with Gasteiger partial charge in [-0.15, -0.1) is 0 Å². The van der Waals surface area contributed by atoms with Crippen molar-refractivity contribution >= 4 is 11.7 Å². The highest BCUT2D eigenvalue weighted by molar-refractivity contribution is 5.74. The number of carbonyl (C=O) groups is 1. The van der Waals surface area contributed by atoms with Crippen molar-refractivity contribution in [2.75, 3.05) is 31.1 Å². The molecule has 2 saturated heterocycles. The molecule has 2 N–H and O–H groups in total. The lowest BCUT2D eigenvalue weighted by atomic mass is 10.0. The van der Waals surface area contributed by atoms with Crippen LogP contribution >= 0.6 is 0 Å². The largest absolute Gasteiger partial charge is 0.371 e. The van der Waals surface area contributed by atoms with Gasteiger partial charge in [-0.2, -0.15) is 5.26 Å². The van der Waals surface area contributed by atoms with Crippen LogP contribution in [-0.4, -0.2) is 43.2 Å². The number of nitriles is 1. The van der Waals surface area contributed by atoms with Gasteiger partial charge in [0.15, 0.2) is 0 Å². The molecule has 0 saturated carbocycles. The number of nitrogens with one attached hydrogen (secondary N) is 2. The number of urea groups is 1. The van der Waals surface area contributed by atoms with E-state index in [0.29, 0.717) is 12.1 Å². The highest BCUT2D eigenvalue weighted by atomic mass is 16.2. The van der Waals surface area contributed by atoms with Crippen LogP contribution in [0.15, 0.2) is 48.5 Å². The molecule has 0 aliphatic carbocycles. The van der Waals surface area contributed by atoms with Gasteiger partial charge in [0.05, 0.1) is 11.6 Å². The van der Waals surface area contributed by atoms with Gasteiger partial charge in [0.25, 0.3) is 0 Å². The Morgan fingerprint density at radius 3 is 2.31 bits per heavy atom. The Morgan fingerprint density at radius 2 is 1.62 bits per heavy atom. The Morgan fingerprint density at radius 1 is 0.938 bits per heavy atom. The predicted octanol–water partition coefficient (Wildman–Crippen LogP) is 4.01. The first-order valence-corrected chi connectivity index (χ1v) is 11.8. The van der Waals surface area contributed by atoms with Gasteiger partial charge in [0.2, 0.25) is 0 Å². The molecule has 2 aliphatic rings. The van der Waals surface area contributed by atoms with Crippen LogP contribution in [-0.2, 0) is 13.1 Å². The fourth-order valence-corrected chi connectivity index (χ4v) is 4.68. The van der Waals surface area contributed by atoms with E-state index < -0.39 is 0 Å². The molecule has 2 amide bonds. The van der Waals surface area contributed by atoms with Gasteiger partial charge in [-0.25, -0.2) is 4.79 Å². The van der Waals surface area contributed by atoms with E-state index in [-0.39, 0.29) is 12.1 Å². The molecule has 168 valence electrons. The summed E-state index contributed by atoms with van der Waals surface area (Å²) in [4.78, 5) is 17.4. The second-order valence-electron chi connectivity index (χ2n) is 8.85. The van der Waals surface area contributed by atoms with Crippen molar-refractivity contribution in [3.05, 3.63) is 65.2 Å². The van der Waals surface area contributed by atoms with Gasteiger partial charge in [-0.1, -0.05) is 30.7 Å². The summed E-state index contributed by atoms with van der Waals surface area (Å²) in [6.45, 7) is 5.66. The summed E-state index contributed by atoms with van der Waals surface area (Å²) in [5.41, 5.74) is 4.32. The lowest BCUT2D eigenvalue weighted by molar-refractivity contribution is 0.220. The van der Waals surface area contributed by atoms with Crippen molar-refractivity contribution < 1.29 is 4.79 Å². The highest BCUT2D eigenvalue weighted by Gasteiger charge is 2.21. The van der Waals surface area contributed by atoms with Crippen LogP contribution in [0.3, 0.4) is 0 Å². The van der Waals surface area contributed by atoms with Gasteiger partial charge in [0.1, 0.15) is 0 Å². The summed E-state index contributed by atoms with van der Waals surface area (Å²) in [6.07, 6.45) is 5.74. The van der Waals surface area contributed by atoms with E-state index in [1.54, 1.807) is 0 Å². The van der Waals surface area contributed by atoms with Gasteiger partial charge in [-0.3, -0.25) is 4.90 Å². The average Bonchev–Trinajstić information content (AvgIpc) is 2.85. The number of amides is 2. The van der Waals surface area contributed by atoms with Crippen LogP contribution in [0.2, 0.25) is 0 Å². The lowest BCUT2D eigenvalue weighted by Gasteiger charge is -2.34. The van der Waals surface area contributed by atoms with Crippen LogP contribution < -0.4 is 15.5 Å². The lowest BCUT2D eigenvalue weighted by Crippen LogP contribution is -2.47. The number of likely N-dealkylation sites (tertiary alicyclic amines) is 1. The third-order valence-corrected chi connectivity index (χ3v) is 6.59. The number of hydrogen-bond donors (Lipinski definition) is 2. The molecule has 6 heteroatoms. The average molecular weight is 432 g/mol. The number of benzene rings is 2. The number of rotatable bonds is 6. The molecule has 6 nitrogen and oxygen atoms in total. The van der Waals surface area contributed by atoms with Crippen LogP contribution in [0.25, 0.3) is 0 Å². The number of anilines is 1. The Labute approximate surface area is 191 Å². The molecule has 2 aromatic rings. The fourth-order valence-electron chi connectivity index (χ4n) is 4.68. The van der Waals surface area contributed by atoms with E-state index in [1.165, 1.54) is 43.5 Å². The van der Waals surface area contributed by atoms with Crippen LogP contribution in [0.4, 0.5) is 10.5 Å². The van der Waals surface area contributed by atoms with Crippen molar-refractivity contribution in [3.63, 3.8) is 0 Å². The van der Waals surface area contributed by atoms with E-state index in [4.69, 9.17) is 5.26 Å². The van der Waals surface area contributed by atoms with Crippen molar-refractivity contribution in [3.8, 4) is 6.07 Å². The summed E-state index contributed by atoms with van der Waals surface area (Å²) in [6, 6.07) is 18.4. The number of hydrogen-bond acceptors (Lipinski definition) is 4. The molecule has 0 atom stereocenters. The standard InChI is InChI=1S/C26H33N5O/c27-18-21-8-10-25(11-9-21)31-16-12-24(13-17-31)29-26(32)28-19-22-6-2-3-7-23(22)20-30-14-4-1-5-15-30/h2-3,6-11,24H,1,4-5,12-17,19-20H2,(H2,28,29,32). The van der Waals surface area contributed by atoms with E-state index >= 15 is 0 Å². The zero-order valence-corrected chi connectivity index (χ0v) is 18.7. The maximum absolute atomic E-state index is 12.5. The van der Waals surface area contributed by atoms with E-state index in [9.17, 15) is 4.79 Å². The first-order chi connectivity index (χ1) is 15.7. The van der Waals surface area contributed by atoms with E-state index in [2.05, 4.69) is 44.7 Å². The van der Waals surface area contributed by atoms with Gasteiger partial charge in [-0.05, 0) is 74.2 Å². The monoisotopic (exact) mass is 431 g/mol. The van der Waals surface area contributed by atoms with Crippen molar-refractivity contribution in [2.45, 2.75) is 51.2 Å². The first-order valence-electron chi connectivity index (χ1n) is 11.8. The molecule has 2 aromatic carbocycles.